The Morgan fingerprint density at radius 3 is 2.75 bits per heavy atom. The van der Waals surface area contributed by atoms with E-state index >= 15 is 0 Å². The molecule has 0 saturated heterocycles. The van der Waals surface area contributed by atoms with E-state index in [0.717, 1.165) is 6.07 Å². The number of rotatable bonds is 6. The molecule has 8 heteroatoms. The number of carbonyl (C=O) groups excluding carboxylic acids is 1. The van der Waals surface area contributed by atoms with Gasteiger partial charge >= 0.3 is 5.97 Å². The standard InChI is InChI=1S/C16H18FN3O4/c1-16(2,15(23)24)20-9-12(8-18-20)19-14(22)7-13(21)10-4-3-5-11(17)6-10/h3-6,8-9,13,21H,7H2,1-2H3,(H,19,22)(H,23,24). The van der Waals surface area contributed by atoms with Crippen molar-refractivity contribution in [2.75, 3.05) is 5.32 Å². The van der Waals surface area contributed by atoms with Crippen molar-refractivity contribution >= 4 is 17.6 Å². The number of anilines is 1. The molecule has 1 atom stereocenters. The Hall–Kier alpha value is -2.74. The topological polar surface area (TPSA) is 104 Å². The molecule has 0 aliphatic rings. The van der Waals surface area contributed by atoms with Crippen LogP contribution in [-0.4, -0.2) is 31.9 Å². The molecule has 0 bridgehead atoms. The van der Waals surface area contributed by atoms with Crippen molar-refractivity contribution in [3.05, 3.63) is 48.0 Å². The third kappa shape index (κ3) is 3.96. The first-order valence-electron chi connectivity index (χ1n) is 7.22. The second-order valence-electron chi connectivity index (χ2n) is 5.86. The molecule has 1 heterocycles. The zero-order valence-corrected chi connectivity index (χ0v) is 13.2. The number of nitrogens with zero attached hydrogens (tertiary/aromatic N) is 2. The summed E-state index contributed by atoms with van der Waals surface area (Å²) in [4.78, 5) is 23.1. The lowest BCUT2D eigenvalue weighted by atomic mass is 10.1. The Balaban J connectivity index is 2.00. The Kier molecular flexibility index (Phi) is 4.99. The van der Waals surface area contributed by atoms with Crippen LogP contribution in [0.25, 0.3) is 0 Å². The fourth-order valence-corrected chi connectivity index (χ4v) is 2.01. The van der Waals surface area contributed by atoms with Crippen molar-refractivity contribution in [2.45, 2.75) is 31.9 Å². The van der Waals surface area contributed by atoms with Gasteiger partial charge in [-0.3, -0.25) is 9.48 Å². The van der Waals surface area contributed by atoms with Crippen LogP contribution in [0, 0.1) is 5.82 Å². The van der Waals surface area contributed by atoms with E-state index in [1.54, 1.807) is 0 Å². The fraction of sp³-hybridized carbons (Fsp3) is 0.312. The van der Waals surface area contributed by atoms with E-state index < -0.39 is 29.3 Å². The van der Waals surface area contributed by atoms with Crippen LogP contribution < -0.4 is 5.32 Å². The third-order valence-corrected chi connectivity index (χ3v) is 3.57. The second-order valence-corrected chi connectivity index (χ2v) is 5.86. The highest BCUT2D eigenvalue weighted by Crippen LogP contribution is 2.20. The van der Waals surface area contributed by atoms with E-state index in [1.807, 2.05) is 0 Å². The van der Waals surface area contributed by atoms with Crippen LogP contribution in [0.5, 0.6) is 0 Å². The van der Waals surface area contributed by atoms with E-state index in [2.05, 4.69) is 10.4 Å². The Morgan fingerprint density at radius 1 is 1.42 bits per heavy atom. The molecule has 0 fully saturated rings. The van der Waals surface area contributed by atoms with Gasteiger partial charge in [-0.1, -0.05) is 12.1 Å². The number of halogens is 1. The summed E-state index contributed by atoms with van der Waals surface area (Å²) < 4.78 is 14.3. The molecule has 7 nitrogen and oxygen atoms in total. The summed E-state index contributed by atoms with van der Waals surface area (Å²) in [6.45, 7) is 2.95. The first kappa shape index (κ1) is 17.6. The second kappa shape index (κ2) is 6.79. The maximum absolute atomic E-state index is 13.1. The zero-order valence-electron chi connectivity index (χ0n) is 13.2. The first-order valence-corrected chi connectivity index (χ1v) is 7.22. The lowest BCUT2D eigenvalue weighted by Gasteiger charge is -2.19. The van der Waals surface area contributed by atoms with Crippen LogP contribution in [0.2, 0.25) is 0 Å². The quantitative estimate of drug-likeness (QED) is 0.748. The molecule has 0 spiro atoms. The summed E-state index contributed by atoms with van der Waals surface area (Å²) in [6, 6.07) is 5.37. The zero-order chi connectivity index (χ0) is 17.9. The van der Waals surface area contributed by atoms with E-state index in [0.29, 0.717) is 11.3 Å². The summed E-state index contributed by atoms with van der Waals surface area (Å²) in [5, 5.41) is 25.6. The number of aliphatic hydroxyl groups excluding tert-OH is 1. The molecule has 2 rings (SSSR count). The van der Waals surface area contributed by atoms with E-state index in [-0.39, 0.29) is 6.42 Å². The monoisotopic (exact) mass is 335 g/mol. The largest absolute Gasteiger partial charge is 0.479 e. The summed E-state index contributed by atoms with van der Waals surface area (Å²) in [7, 11) is 0. The van der Waals surface area contributed by atoms with Crippen molar-refractivity contribution in [2.24, 2.45) is 0 Å². The van der Waals surface area contributed by atoms with Gasteiger partial charge in [-0.25, -0.2) is 9.18 Å². The first-order chi connectivity index (χ1) is 11.2. The highest BCUT2D eigenvalue weighted by atomic mass is 19.1. The van der Waals surface area contributed by atoms with Crippen molar-refractivity contribution < 1.29 is 24.2 Å². The molecule has 0 radical (unpaired) electrons. The van der Waals surface area contributed by atoms with Gasteiger partial charge in [-0.2, -0.15) is 5.10 Å². The number of benzene rings is 1. The summed E-state index contributed by atoms with van der Waals surface area (Å²) in [5.41, 5.74) is -0.655. The Morgan fingerprint density at radius 2 is 2.12 bits per heavy atom. The molecule has 0 aliphatic heterocycles. The van der Waals surface area contributed by atoms with Crippen LogP contribution in [0.3, 0.4) is 0 Å². The molecule has 128 valence electrons. The van der Waals surface area contributed by atoms with Crippen molar-refractivity contribution in [1.29, 1.82) is 0 Å². The molecule has 1 amide bonds. The minimum atomic E-state index is -1.26. The minimum Gasteiger partial charge on any atom is -0.479 e. The van der Waals surface area contributed by atoms with Gasteiger partial charge in [-0.05, 0) is 31.5 Å². The number of aromatic nitrogens is 2. The molecule has 0 aliphatic carbocycles. The van der Waals surface area contributed by atoms with Gasteiger partial charge in [0.25, 0.3) is 0 Å². The number of carboxylic acids is 1. The third-order valence-electron chi connectivity index (χ3n) is 3.57. The minimum absolute atomic E-state index is 0.267. The number of aliphatic carboxylic acids is 1. The highest BCUT2D eigenvalue weighted by Gasteiger charge is 2.30. The van der Waals surface area contributed by atoms with E-state index in [1.165, 1.54) is 49.1 Å². The molecule has 1 aromatic carbocycles. The van der Waals surface area contributed by atoms with Gasteiger partial charge < -0.3 is 15.5 Å². The number of aliphatic hydroxyl groups is 1. The smallest absolute Gasteiger partial charge is 0.331 e. The average molecular weight is 335 g/mol. The van der Waals surface area contributed by atoms with Crippen molar-refractivity contribution in [3.8, 4) is 0 Å². The predicted molar refractivity (Wildman–Crippen MR) is 83.8 cm³/mol. The van der Waals surface area contributed by atoms with Gasteiger partial charge in [-0.15, -0.1) is 0 Å². The molecule has 1 aromatic heterocycles. The number of carboxylic acid groups (broad SMARTS) is 1. The number of hydrogen-bond acceptors (Lipinski definition) is 4. The highest BCUT2D eigenvalue weighted by molar-refractivity contribution is 5.90. The van der Waals surface area contributed by atoms with Crippen molar-refractivity contribution in [3.63, 3.8) is 0 Å². The molecule has 2 aromatic rings. The molecular weight excluding hydrogens is 317 g/mol. The van der Waals surface area contributed by atoms with Crippen LogP contribution >= 0.6 is 0 Å². The van der Waals surface area contributed by atoms with Gasteiger partial charge in [0.1, 0.15) is 5.82 Å². The van der Waals surface area contributed by atoms with Crippen LogP contribution in [0.4, 0.5) is 10.1 Å². The number of carbonyl (C=O) groups is 2. The van der Waals surface area contributed by atoms with Crippen LogP contribution in [-0.2, 0) is 15.1 Å². The maximum Gasteiger partial charge on any atom is 0.331 e. The molecule has 0 saturated carbocycles. The van der Waals surface area contributed by atoms with Gasteiger partial charge in [0.2, 0.25) is 5.91 Å². The number of nitrogens with one attached hydrogen (secondary N) is 1. The van der Waals surface area contributed by atoms with Crippen molar-refractivity contribution in [1.82, 2.24) is 9.78 Å². The van der Waals surface area contributed by atoms with Crippen LogP contribution in [0.15, 0.2) is 36.7 Å². The van der Waals surface area contributed by atoms with E-state index in [4.69, 9.17) is 5.11 Å². The normalized spacial score (nSPS) is 12.7. The molecule has 1 unspecified atom stereocenters. The predicted octanol–water partition coefficient (Wildman–Crippen LogP) is 1.90. The molecule has 3 N–H and O–H groups in total. The lowest BCUT2D eigenvalue weighted by molar-refractivity contribution is -0.146. The molecule has 24 heavy (non-hydrogen) atoms. The maximum atomic E-state index is 13.1. The average Bonchev–Trinajstić information content (AvgIpc) is 2.96. The van der Waals surface area contributed by atoms with Crippen LogP contribution in [0.1, 0.15) is 31.9 Å². The number of amides is 1. The van der Waals surface area contributed by atoms with Gasteiger partial charge in [0.15, 0.2) is 5.54 Å². The Bertz CT molecular complexity index is 757. The molecular formula is C16H18FN3O4. The van der Waals surface area contributed by atoms with Gasteiger partial charge in [0, 0.05) is 6.20 Å². The van der Waals surface area contributed by atoms with E-state index in [9.17, 15) is 19.1 Å². The summed E-state index contributed by atoms with van der Waals surface area (Å²) in [5.74, 6) is -2.06. The lowest BCUT2D eigenvalue weighted by Crippen LogP contribution is -2.35. The SMILES string of the molecule is CC(C)(C(=O)O)n1cc(NC(=O)CC(O)c2cccc(F)c2)cn1. The summed E-state index contributed by atoms with van der Waals surface area (Å²) in [6.07, 6.45) is 1.29. The fourth-order valence-electron chi connectivity index (χ4n) is 2.01. The van der Waals surface area contributed by atoms with Gasteiger partial charge in [0.05, 0.1) is 24.4 Å². The number of hydrogen-bond donors (Lipinski definition) is 3. The summed E-state index contributed by atoms with van der Waals surface area (Å²) >= 11 is 0. The Labute approximate surface area is 137 Å².